The van der Waals surface area contributed by atoms with Crippen molar-refractivity contribution in [1.29, 1.82) is 0 Å². The maximum Gasteiger partial charge on any atom is 0.153 e. The highest BCUT2D eigenvalue weighted by Gasteiger charge is 2.18. The van der Waals surface area contributed by atoms with E-state index < -0.39 is 0 Å². The first kappa shape index (κ1) is 29.2. The molecule has 5 aromatic rings. The summed E-state index contributed by atoms with van der Waals surface area (Å²) in [4.78, 5) is 3.52. The Labute approximate surface area is 262 Å². The third-order valence-corrected chi connectivity index (χ3v) is 8.79. The molecule has 4 aromatic carbocycles. The van der Waals surface area contributed by atoms with E-state index >= 15 is 0 Å². The van der Waals surface area contributed by atoms with E-state index in [0.717, 1.165) is 61.4 Å². The molecule has 0 atom stereocenters. The molecule has 220 valence electrons. The number of thiocarbonyl (C=S) groups is 1. The molecule has 1 aliphatic rings. The predicted molar refractivity (Wildman–Crippen MR) is 179 cm³/mol. The van der Waals surface area contributed by atoms with E-state index in [4.69, 9.17) is 31.2 Å². The van der Waals surface area contributed by atoms with E-state index in [1.165, 1.54) is 32.4 Å². The molecule has 5 nitrogen and oxygen atoms in total. The summed E-state index contributed by atoms with van der Waals surface area (Å²) < 4.78 is 25.5. The van der Waals surface area contributed by atoms with Crippen LogP contribution in [0.1, 0.15) is 24.8 Å². The van der Waals surface area contributed by atoms with Gasteiger partial charge >= 0.3 is 0 Å². The second-order valence-corrected chi connectivity index (χ2v) is 11.9. The van der Waals surface area contributed by atoms with Gasteiger partial charge < -0.3 is 18.9 Å². The predicted octanol–water partition coefficient (Wildman–Crippen LogP) is 9.18. The summed E-state index contributed by atoms with van der Waals surface area (Å²) in [5.41, 5.74) is 2.19. The molecule has 1 aromatic heterocycles. The largest absolute Gasteiger partial charge is 0.492 e. The number of thiophene rings is 1. The van der Waals surface area contributed by atoms with Crippen LogP contribution < -0.4 is 18.9 Å². The fraction of sp³-hybridized carbons (Fsp3) is 0.250. The van der Waals surface area contributed by atoms with Crippen molar-refractivity contribution < 1.29 is 18.9 Å². The number of benzene rings is 4. The van der Waals surface area contributed by atoms with E-state index in [1.807, 2.05) is 66.7 Å². The van der Waals surface area contributed by atoms with Gasteiger partial charge in [0.15, 0.2) is 5.75 Å². The molecule has 1 fully saturated rings. The van der Waals surface area contributed by atoms with Crippen LogP contribution in [-0.2, 0) is 6.61 Å². The van der Waals surface area contributed by atoms with Crippen LogP contribution in [0, 0.1) is 0 Å². The highest BCUT2D eigenvalue weighted by atomic mass is 32.1. The SMILES string of the molecule is S=CCOc1ccc2c(Oc3ccc(OCCN4CCCCC4)cc3)c(-c3ccc(OCc4ccccc4)cc3)sc2c1. The van der Waals surface area contributed by atoms with Crippen LogP contribution in [0.3, 0.4) is 0 Å². The summed E-state index contributed by atoms with van der Waals surface area (Å²) >= 11 is 6.62. The maximum atomic E-state index is 6.58. The lowest BCUT2D eigenvalue weighted by Crippen LogP contribution is -2.33. The van der Waals surface area contributed by atoms with Crippen molar-refractivity contribution in [2.24, 2.45) is 0 Å². The van der Waals surface area contributed by atoms with Crippen LogP contribution in [0.15, 0.2) is 97.1 Å². The normalized spacial score (nSPS) is 13.5. The number of hydrogen-bond acceptors (Lipinski definition) is 7. The van der Waals surface area contributed by atoms with Gasteiger partial charge in [0.2, 0.25) is 0 Å². The third kappa shape index (κ3) is 7.73. The lowest BCUT2D eigenvalue weighted by atomic mass is 10.1. The van der Waals surface area contributed by atoms with E-state index in [2.05, 4.69) is 35.2 Å². The number of rotatable bonds is 13. The fourth-order valence-corrected chi connectivity index (χ4v) is 6.44. The molecule has 43 heavy (non-hydrogen) atoms. The van der Waals surface area contributed by atoms with Crippen molar-refractivity contribution in [3.8, 4) is 39.2 Å². The second-order valence-electron chi connectivity index (χ2n) is 10.5. The molecule has 0 amide bonds. The Bertz CT molecular complexity index is 1610. The smallest absolute Gasteiger partial charge is 0.153 e. The standard InChI is InChI=1S/C36H35NO4S2/c42-24-23-39-32-17-18-33-34(25-32)43-36(28-9-11-30(12-10-28)40-26-27-7-3-1-4-8-27)35(33)41-31-15-13-29(14-16-31)38-22-21-37-19-5-2-6-20-37/h1,3-4,7-18,24-25H,2,5-6,19-23,26H2. The molecule has 2 heterocycles. The Morgan fingerprint density at radius 3 is 2.19 bits per heavy atom. The van der Waals surface area contributed by atoms with Crippen LogP contribution in [-0.4, -0.2) is 43.1 Å². The van der Waals surface area contributed by atoms with Crippen molar-refractivity contribution >= 4 is 39.0 Å². The van der Waals surface area contributed by atoms with Crippen molar-refractivity contribution in [3.05, 3.63) is 103 Å². The monoisotopic (exact) mass is 609 g/mol. The minimum absolute atomic E-state index is 0.388. The van der Waals surface area contributed by atoms with Crippen molar-refractivity contribution in [1.82, 2.24) is 4.90 Å². The summed E-state index contributed by atoms with van der Waals surface area (Å²) in [6.07, 6.45) is 3.93. The number of ether oxygens (including phenoxy) is 4. The molecule has 0 saturated carbocycles. The van der Waals surface area contributed by atoms with Gasteiger partial charge in [0.25, 0.3) is 0 Å². The molecule has 1 aliphatic heterocycles. The van der Waals surface area contributed by atoms with Gasteiger partial charge in [0.1, 0.15) is 42.8 Å². The van der Waals surface area contributed by atoms with Gasteiger partial charge in [-0.25, -0.2) is 0 Å². The average molecular weight is 610 g/mol. The average Bonchev–Trinajstić information content (AvgIpc) is 3.42. The van der Waals surface area contributed by atoms with Crippen molar-refractivity contribution in [2.45, 2.75) is 25.9 Å². The number of hydrogen-bond donors (Lipinski definition) is 0. The maximum absolute atomic E-state index is 6.58. The molecule has 6 rings (SSSR count). The third-order valence-electron chi connectivity index (χ3n) is 7.47. The van der Waals surface area contributed by atoms with Gasteiger partial charge in [0.05, 0.1) is 4.88 Å². The number of nitrogens with zero attached hydrogens (tertiary/aromatic N) is 1. The Balaban J connectivity index is 1.20. The van der Waals surface area contributed by atoms with Crippen LogP contribution >= 0.6 is 23.6 Å². The van der Waals surface area contributed by atoms with Crippen LogP contribution in [0.2, 0.25) is 0 Å². The van der Waals surface area contributed by atoms with Gasteiger partial charge in [-0.05, 0) is 104 Å². The van der Waals surface area contributed by atoms with E-state index in [9.17, 15) is 0 Å². The Morgan fingerprint density at radius 2 is 1.42 bits per heavy atom. The van der Waals surface area contributed by atoms with Crippen LogP contribution in [0.5, 0.6) is 28.7 Å². The topological polar surface area (TPSA) is 40.2 Å². The number of likely N-dealkylation sites (tertiary alicyclic amines) is 1. The Kier molecular flexibility index (Phi) is 9.85. The minimum atomic E-state index is 0.388. The van der Waals surface area contributed by atoms with Crippen LogP contribution in [0.4, 0.5) is 0 Å². The lowest BCUT2D eigenvalue weighted by molar-refractivity contribution is 0.183. The fourth-order valence-electron chi connectivity index (χ4n) is 5.21. The zero-order chi connectivity index (χ0) is 29.3. The Hall–Kier alpha value is -3.91. The first-order chi connectivity index (χ1) is 21.2. The molecular formula is C36H35NO4S2. The lowest BCUT2D eigenvalue weighted by Gasteiger charge is -2.26. The van der Waals surface area contributed by atoms with Crippen molar-refractivity contribution in [2.75, 3.05) is 32.8 Å². The second kappa shape index (κ2) is 14.5. The first-order valence-electron chi connectivity index (χ1n) is 14.8. The summed E-state index contributed by atoms with van der Waals surface area (Å²) in [5.74, 6) is 4.03. The quantitative estimate of drug-likeness (QED) is 0.124. The number of piperidine rings is 1. The van der Waals surface area contributed by atoms with Gasteiger partial charge in [-0.2, -0.15) is 0 Å². The van der Waals surface area contributed by atoms with Gasteiger partial charge in [-0.15, -0.1) is 11.3 Å². The van der Waals surface area contributed by atoms with Gasteiger partial charge in [-0.1, -0.05) is 49.0 Å². The minimum Gasteiger partial charge on any atom is -0.492 e. The summed E-state index contributed by atoms with van der Waals surface area (Å²) in [6, 6.07) is 32.3. The number of fused-ring (bicyclic) bond motifs is 1. The molecule has 0 spiro atoms. The van der Waals surface area contributed by atoms with Crippen molar-refractivity contribution in [3.63, 3.8) is 0 Å². The highest BCUT2D eigenvalue weighted by molar-refractivity contribution is 7.79. The molecule has 7 heteroatoms. The molecular weight excluding hydrogens is 575 g/mol. The summed E-state index contributed by atoms with van der Waals surface area (Å²) in [6.45, 7) is 4.93. The molecule has 0 unspecified atom stereocenters. The Morgan fingerprint density at radius 1 is 0.721 bits per heavy atom. The summed E-state index contributed by atoms with van der Waals surface area (Å²) in [5, 5.41) is 2.61. The summed E-state index contributed by atoms with van der Waals surface area (Å²) in [7, 11) is 0. The molecule has 0 N–H and O–H groups in total. The van der Waals surface area contributed by atoms with Gasteiger partial charge in [-0.3, -0.25) is 4.90 Å². The van der Waals surface area contributed by atoms with E-state index in [-0.39, 0.29) is 0 Å². The molecule has 0 aliphatic carbocycles. The first-order valence-corrected chi connectivity index (χ1v) is 16.1. The van der Waals surface area contributed by atoms with E-state index in [1.54, 1.807) is 16.7 Å². The zero-order valence-corrected chi connectivity index (χ0v) is 25.7. The highest BCUT2D eigenvalue weighted by Crippen LogP contribution is 2.47. The zero-order valence-electron chi connectivity index (χ0n) is 24.1. The van der Waals surface area contributed by atoms with Crippen LogP contribution in [0.25, 0.3) is 20.5 Å². The van der Waals surface area contributed by atoms with E-state index in [0.29, 0.717) is 19.8 Å². The van der Waals surface area contributed by atoms with Gasteiger partial charge in [0, 0.05) is 22.0 Å². The molecule has 0 radical (unpaired) electrons. The molecule has 0 bridgehead atoms. The molecule has 1 saturated heterocycles.